The van der Waals surface area contributed by atoms with Crippen molar-refractivity contribution in [3.63, 3.8) is 0 Å². The number of anilines is 1. The Bertz CT molecular complexity index is 546. The van der Waals surface area contributed by atoms with Gasteiger partial charge in [-0.05, 0) is 42.9 Å². The molecule has 2 aliphatic rings. The number of carbonyl (C=O) groups excluding carboxylic acids is 1. The van der Waals surface area contributed by atoms with Crippen LogP contribution < -0.4 is 4.90 Å². The van der Waals surface area contributed by atoms with E-state index in [4.69, 9.17) is 0 Å². The highest BCUT2D eigenvalue weighted by Gasteiger charge is 2.31. The maximum absolute atomic E-state index is 10.8. The molecule has 1 aliphatic carbocycles. The number of nitrogens with zero attached hydrogens (tertiary/aromatic N) is 2. The predicted octanol–water partition coefficient (Wildman–Crippen LogP) is 3.39. The van der Waals surface area contributed by atoms with Gasteiger partial charge in [-0.3, -0.25) is 4.79 Å². The van der Waals surface area contributed by atoms with Crippen molar-refractivity contribution in [2.45, 2.75) is 32.1 Å². The second-order valence-electron chi connectivity index (χ2n) is 6.05. The number of nitriles is 1. The molecule has 2 atom stereocenters. The van der Waals surface area contributed by atoms with Crippen LogP contribution in [0, 0.1) is 23.2 Å². The van der Waals surface area contributed by atoms with Gasteiger partial charge in [0.2, 0.25) is 0 Å². The second-order valence-corrected chi connectivity index (χ2v) is 6.05. The molecule has 1 aliphatic heterocycles. The van der Waals surface area contributed by atoms with Gasteiger partial charge < -0.3 is 4.90 Å². The van der Waals surface area contributed by atoms with Gasteiger partial charge >= 0.3 is 0 Å². The average molecular weight is 268 g/mol. The van der Waals surface area contributed by atoms with Crippen LogP contribution in [0.25, 0.3) is 0 Å². The van der Waals surface area contributed by atoms with Gasteiger partial charge in [-0.2, -0.15) is 5.26 Å². The Morgan fingerprint density at radius 2 is 2.00 bits per heavy atom. The van der Waals surface area contributed by atoms with Gasteiger partial charge in [0.15, 0.2) is 0 Å². The molecule has 3 heteroatoms. The maximum atomic E-state index is 10.8. The van der Waals surface area contributed by atoms with Crippen molar-refractivity contribution in [2.24, 2.45) is 11.8 Å². The van der Waals surface area contributed by atoms with Gasteiger partial charge in [-0.15, -0.1) is 0 Å². The third kappa shape index (κ3) is 2.43. The number of fused-ring (bicyclic) bond motifs is 1. The molecule has 0 bridgehead atoms. The second kappa shape index (κ2) is 5.66. The Morgan fingerprint density at radius 3 is 2.75 bits per heavy atom. The van der Waals surface area contributed by atoms with E-state index in [2.05, 4.69) is 11.0 Å². The Kier molecular flexibility index (Phi) is 3.73. The number of carbonyl (C=O) groups is 1. The molecule has 3 nitrogen and oxygen atoms in total. The van der Waals surface area contributed by atoms with Crippen LogP contribution in [0.15, 0.2) is 18.2 Å². The summed E-state index contributed by atoms with van der Waals surface area (Å²) in [6.45, 7) is 2.11. The molecule has 3 rings (SSSR count). The van der Waals surface area contributed by atoms with E-state index < -0.39 is 0 Å². The number of rotatable bonds is 2. The molecular formula is C17H20N2O. The smallest absolute Gasteiger partial charge is 0.150 e. The fraction of sp³-hybridized carbons (Fsp3) is 0.529. The number of hydrogen-bond donors (Lipinski definition) is 0. The van der Waals surface area contributed by atoms with Crippen molar-refractivity contribution in [2.75, 3.05) is 18.0 Å². The van der Waals surface area contributed by atoms with Gasteiger partial charge in [0.25, 0.3) is 0 Å². The summed E-state index contributed by atoms with van der Waals surface area (Å²) in [7, 11) is 0. The van der Waals surface area contributed by atoms with Gasteiger partial charge in [-0.25, -0.2) is 0 Å². The highest BCUT2D eigenvalue weighted by Crippen LogP contribution is 2.38. The van der Waals surface area contributed by atoms with E-state index in [9.17, 15) is 10.1 Å². The summed E-state index contributed by atoms with van der Waals surface area (Å²) in [6.07, 6.45) is 7.50. The molecule has 104 valence electrons. The highest BCUT2D eigenvalue weighted by atomic mass is 16.1. The first kappa shape index (κ1) is 13.2. The van der Waals surface area contributed by atoms with E-state index in [1.54, 1.807) is 6.07 Å². The lowest BCUT2D eigenvalue weighted by atomic mass is 9.75. The summed E-state index contributed by atoms with van der Waals surface area (Å²) in [5, 5.41) is 9.31. The van der Waals surface area contributed by atoms with Crippen LogP contribution in [0.2, 0.25) is 0 Å². The maximum Gasteiger partial charge on any atom is 0.150 e. The number of hydrogen-bond acceptors (Lipinski definition) is 3. The van der Waals surface area contributed by atoms with Crippen molar-refractivity contribution in [1.29, 1.82) is 5.26 Å². The summed E-state index contributed by atoms with van der Waals surface area (Å²) in [6, 6.07) is 7.69. The van der Waals surface area contributed by atoms with Crippen LogP contribution >= 0.6 is 0 Å². The molecular weight excluding hydrogens is 248 g/mol. The zero-order valence-corrected chi connectivity index (χ0v) is 11.7. The number of benzene rings is 1. The average Bonchev–Trinajstić information content (AvgIpc) is 2.53. The number of aldehydes is 1. The zero-order valence-electron chi connectivity index (χ0n) is 11.7. The van der Waals surface area contributed by atoms with Crippen molar-refractivity contribution in [3.05, 3.63) is 29.3 Å². The van der Waals surface area contributed by atoms with E-state index in [-0.39, 0.29) is 0 Å². The van der Waals surface area contributed by atoms with Crippen LogP contribution in [0.3, 0.4) is 0 Å². The molecule has 1 heterocycles. The first-order chi connectivity index (χ1) is 9.81. The number of piperidine rings is 1. The molecule has 1 aromatic rings. The standard InChI is InChI=1S/C17H20N2O/c18-10-16-9-13(12-20)5-6-17(16)19-8-7-14-3-1-2-4-15(14)11-19/h5-6,9,12,14-15H,1-4,7-8,11H2. The molecule has 2 fully saturated rings. The Morgan fingerprint density at radius 1 is 1.20 bits per heavy atom. The van der Waals surface area contributed by atoms with E-state index in [0.29, 0.717) is 11.1 Å². The molecule has 0 N–H and O–H groups in total. The van der Waals surface area contributed by atoms with Crippen molar-refractivity contribution < 1.29 is 4.79 Å². The van der Waals surface area contributed by atoms with Crippen molar-refractivity contribution in [3.8, 4) is 6.07 Å². The summed E-state index contributed by atoms with van der Waals surface area (Å²) >= 11 is 0. The SMILES string of the molecule is N#Cc1cc(C=O)ccc1N1CCC2CCCCC2C1. The molecule has 1 saturated carbocycles. The fourth-order valence-corrected chi connectivity index (χ4v) is 3.81. The fourth-order valence-electron chi connectivity index (χ4n) is 3.81. The minimum absolute atomic E-state index is 0.581. The minimum atomic E-state index is 0.581. The van der Waals surface area contributed by atoms with Crippen LogP contribution in [0.1, 0.15) is 48.0 Å². The lowest BCUT2D eigenvalue weighted by Gasteiger charge is -2.42. The summed E-state index contributed by atoms with van der Waals surface area (Å²) in [5.74, 6) is 1.68. The Labute approximate surface area is 120 Å². The van der Waals surface area contributed by atoms with Gasteiger partial charge in [0.1, 0.15) is 12.4 Å². The largest absolute Gasteiger partial charge is 0.370 e. The topological polar surface area (TPSA) is 44.1 Å². The quantitative estimate of drug-likeness (QED) is 0.772. The molecule has 1 aromatic carbocycles. The van der Waals surface area contributed by atoms with Crippen LogP contribution in [-0.2, 0) is 0 Å². The van der Waals surface area contributed by atoms with Gasteiger partial charge in [0, 0.05) is 18.7 Å². The molecule has 1 saturated heterocycles. The molecule has 0 spiro atoms. The van der Waals surface area contributed by atoms with Crippen LogP contribution in [0.4, 0.5) is 5.69 Å². The lowest BCUT2D eigenvalue weighted by molar-refractivity contribution is 0.112. The Hall–Kier alpha value is -1.82. The zero-order chi connectivity index (χ0) is 13.9. The third-order valence-corrected chi connectivity index (χ3v) is 4.91. The molecule has 2 unspecified atom stereocenters. The van der Waals surface area contributed by atoms with Gasteiger partial charge in [-0.1, -0.05) is 19.3 Å². The first-order valence-electron chi connectivity index (χ1n) is 7.56. The predicted molar refractivity (Wildman–Crippen MR) is 78.8 cm³/mol. The molecule has 0 radical (unpaired) electrons. The van der Waals surface area contributed by atoms with Gasteiger partial charge in [0.05, 0.1) is 11.3 Å². The molecule has 0 aromatic heterocycles. The minimum Gasteiger partial charge on any atom is -0.370 e. The Balaban J connectivity index is 1.83. The normalized spacial score (nSPS) is 25.6. The van der Waals surface area contributed by atoms with Crippen molar-refractivity contribution in [1.82, 2.24) is 0 Å². The van der Waals surface area contributed by atoms with E-state index in [0.717, 1.165) is 36.9 Å². The van der Waals surface area contributed by atoms with Crippen molar-refractivity contribution >= 4 is 12.0 Å². The third-order valence-electron chi connectivity index (χ3n) is 4.91. The molecule has 0 amide bonds. The first-order valence-corrected chi connectivity index (χ1v) is 7.56. The van der Waals surface area contributed by atoms with E-state index >= 15 is 0 Å². The highest BCUT2D eigenvalue weighted by molar-refractivity contribution is 5.78. The summed E-state index contributed by atoms with van der Waals surface area (Å²) < 4.78 is 0. The van der Waals surface area contributed by atoms with Crippen LogP contribution in [-0.4, -0.2) is 19.4 Å². The lowest BCUT2D eigenvalue weighted by Crippen LogP contribution is -2.42. The summed E-state index contributed by atoms with van der Waals surface area (Å²) in [4.78, 5) is 13.2. The monoisotopic (exact) mass is 268 g/mol. The van der Waals surface area contributed by atoms with Crippen LogP contribution in [0.5, 0.6) is 0 Å². The summed E-state index contributed by atoms with van der Waals surface area (Å²) in [5.41, 5.74) is 2.21. The van der Waals surface area contributed by atoms with E-state index in [1.165, 1.54) is 32.1 Å². The van der Waals surface area contributed by atoms with E-state index in [1.807, 2.05) is 12.1 Å². The molecule has 20 heavy (non-hydrogen) atoms.